The highest BCUT2D eigenvalue weighted by Crippen LogP contribution is 2.37. The first-order valence-electron chi connectivity index (χ1n) is 11.4. The summed E-state index contributed by atoms with van der Waals surface area (Å²) >= 11 is 0. The molecule has 5 rings (SSSR count). The van der Waals surface area contributed by atoms with Crippen molar-refractivity contribution in [1.29, 1.82) is 0 Å². The summed E-state index contributed by atoms with van der Waals surface area (Å²) < 4.78 is 10.0. The van der Waals surface area contributed by atoms with Crippen molar-refractivity contribution in [3.05, 3.63) is 89.6 Å². The molecule has 5 aromatic rings. The molecule has 0 aliphatic heterocycles. The van der Waals surface area contributed by atoms with Gasteiger partial charge in [0.25, 0.3) is 0 Å². The third-order valence-electron chi connectivity index (χ3n) is 6.24. The van der Waals surface area contributed by atoms with E-state index in [0.717, 1.165) is 33.3 Å². The van der Waals surface area contributed by atoms with E-state index in [9.17, 15) is 5.11 Å². The van der Waals surface area contributed by atoms with E-state index < -0.39 is 0 Å². The zero-order chi connectivity index (χ0) is 23.8. The molecule has 1 N–H and O–H groups in total. The first-order valence-corrected chi connectivity index (χ1v) is 11.4. The molecule has 0 amide bonds. The quantitative estimate of drug-likeness (QED) is 0.336. The van der Waals surface area contributed by atoms with Crippen molar-refractivity contribution in [2.24, 2.45) is 7.05 Å². The second-order valence-corrected chi connectivity index (χ2v) is 8.96. The van der Waals surface area contributed by atoms with Crippen molar-refractivity contribution < 1.29 is 9.84 Å². The van der Waals surface area contributed by atoms with E-state index >= 15 is 0 Å². The Balaban J connectivity index is 1.64. The zero-order valence-corrected chi connectivity index (χ0v) is 19.9. The molecule has 172 valence electrons. The Kier molecular flexibility index (Phi) is 5.57. The van der Waals surface area contributed by atoms with Crippen molar-refractivity contribution in [2.45, 2.75) is 33.3 Å². The largest absolute Gasteiger partial charge is 0.488 e. The minimum Gasteiger partial charge on any atom is -0.488 e. The van der Waals surface area contributed by atoms with Crippen LogP contribution in [0.15, 0.2) is 72.9 Å². The summed E-state index contributed by atoms with van der Waals surface area (Å²) in [6, 6.07) is 22.2. The Bertz CT molecular complexity index is 1470. The molecule has 0 aliphatic carbocycles. The second kappa shape index (κ2) is 8.71. The van der Waals surface area contributed by atoms with Crippen molar-refractivity contribution >= 4 is 10.9 Å². The van der Waals surface area contributed by atoms with Gasteiger partial charge in [0.2, 0.25) is 0 Å². The topological polar surface area (TPSA) is 65.1 Å². The summed E-state index contributed by atoms with van der Waals surface area (Å²) in [5, 5.41) is 20.2. The maximum absolute atomic E-state index is 10.7. The molecule has 2 aromatic heterocycles. The number of rotatable bonds is 6. The Morgan fingerprint density at radius 2 is 1.76 bits per heavy atom. The molecule has 34 heavy (non-hydrogen) atoms. The maximum Gasteiger partial charge on any atom is 0.319 e. The van der Waals surface area contributed by atoms with Gasteiger partial charge in [-0.25, -0.2) is 4.57 Å². The fraction of sp³-hybridized carbons (Fsp3) is 0.214. The van der Waals surface area contributed by atoms with Crippen LogP contribution in [0.5, 0.6) is 11.8 Å². The van der Waals surface area contributed by atoms with Crippen LogP contribution in [0.4, 0.5) is 0 Å². The SMILES string of the molecule is Cc1cc(OCc2ccccc2)c(-c2nnc(O)n2-c2ccc3c(ccn3C)c2)cc1C(C)C. The van der Waals surface area contributed by atoms with Crippen LogP contribution in [0.3, 0.4) is 0 Å². The summed E-state index contributed by atoms with van der Waals surface area (Å²) in [5.41, 5.74) is 6.14. The highest BCUT2D eigenvalue weighted by molar-refractivity contribution is 5.83. The number of fused-ring (bicyclic) bond motifs is 1. The number of aromatic nitrogens is 4. The Morgan fingerprint density at radius 3 is 2.53 bits per heavy atom. The predicted molar refractivity (Wildman–Crippen MR) is 135 cm³/mol. The van der Waals surface area contributed by atoms with E-state index in [4.69, 9.17) is 4.74 Å². The van der Waals surface area contributed by atoms with Crippen molar-refractivity contribution in [3.63, 3.8) is 0 Å². The minimum atomic E-state index is -0.161. The lowest BCUT2D eigenvalue weighted by molar-refractivity contribution is 0.307. The number of aromatic hydroxyl groups is 1. The second-order valence-electron chi connectivity index (χ2n) is 8.96. The third-order valence-corrected chi connectivity index (χ3v) is 6.24. The van der Waals surface area contributed by atoms with Gasteiger partial charge in [-0.3, -0.25) is 0 Å². The van der Waals surface area contributed by atoms with Gasteiger partial charge in [-0.1, -0.05) is 49.3 Å². The van der Waals surface area contributed by atoms with Gasteiger partial charge < -0.3 is 14.4 Å². The molecule has 6 heteroatoms. The molecule has 0 fully saturated rings. The number of ether oxygens (including phenoxy) is 1. The highest BCUT2D eigenvalue weighted by atomic mass is 16.5. The van der Waals surface area contributed by atoms with E-state index in [1.807, 2.05) is 61.8 Å². The summed E-state index contributed by atoms with van der Waals surface area (Å²) in [4.78, 5) is 0. The molecule has 0 spiro atoms. The Morgan fingerprint density at radius 1 is 0.971 bits per heavy atom. The lowest BCUT2D eigenvalue weighted by Crippen LogP contribution is -2.04. The van der Waals surface area contributed by atoms with Crippen molar-refractivity contribution in [2.75, 3.05) is 0 Å². The van der Waals surface area contributed by atoms with Crippen LogP contribution >= 0.6 is 0 Å². The number of hydrogen-bond donors (Lipinski definition) is 1. The normalized spacial score (nSPS) is 11.4. The van der Waals surface area contributed by atoms with Gasteiger partial charge in [0.15, 0.2) is 5.82 Å². The number of benzene rings is 3. The summed E-state index contributed by atoms with van der Waals surface area (Å²) in [6.45, 7) is 6.87. The zero-order valence-electron chi connectivity index (χ0n) is 19.9. The van der Waals surface area contributed by atoms with Crippen LogP contribution < -0.4 is 4.74 Å². The highest BCUT2D eigenvalue weighted by Gasteiger charge is 2.21. The molecular formula is C28H28N4O2. The van der Waals surface area contributed by atoms with Crippen LogP contribution in [-0.4, -0.2) is 24.4 Å². The van der Waals surface area contributed by atoms with E-state index in [0.29, 0.717) is 24.1 Å². The predicted octanol–water partition coefficient (Wildman–Crippen LogP) is 6.14. The van der Waals surface area contributed by atoms with Gasteiger partial charge in [0.1, 0.15) is 12.4 Å². The van der Waals surface area contributed by atoms with Gasteiger partial charge >= 0.3 is 6.01 Å². The molecule has 0 atom stereocenters. The first kappa shape index (κ1) is 21.8. The van der Waals surface area contributed by atoms with E-state index in [2.05, 4.69) is 53.7 Å². The average molecular weight is 453 g/mol. The van der Waals surface area contributed by atoms with Crippen LogP contribution in [-0.2, 0) is 13.7 Å². The third kappa shape index (κ3) is 3.92. The van der Waals surface area contributed by atoms with Crippen LogP contribution in [0.25, 0.3) is 28.0 Å². The summed E-state index contributed by atoms with van der Waals surface area (Å²) in [5.74, 6) is 1.57. The number of hydrogen-bond acceptors (Lipinski definition) is 4. The summed E-state index contributed by atoms with van der Waals surface area (Å²) in [6.07, 6.45) is 2.02. The molecule has 3 aromatic carbocycles. The van der Waals surface area contributed by atoms with Crippen LogP contribution in [0.1, 0.15) is 36.5 Å². The molecular weight excluding hydrogens is 424 g/mol. The van der Waals surface area contributed by atoms with E-state index in [1.54, 1.807) is 4.57 Å². The van der Waals surface area contributed by atoms with Gasteiger partial charge in [-0.15, -0.1) is 5.10 Å². The Labute approximate surface area is 199 Å². The van der Waals surface area contributed by atoms with E-state index in [-0.39, 0.29) is 6.01 Å². The monoisotopic (exact) mass is 452 g/mol. The maximum atomic E-state index is 10.7. The van der Waals surface area contributed by atoms with Gasteiger partial charge in [-0.05, 0) is 65.9 Å². The fourth-order valence-electron chi connectivity index (χ4n) is 4.45. The fourth-order valence-corrected chi connectivity index (χ4v) is 4.45. The number of nitrogens with zero attached hydrogens (tertiary/aromatic N) is 4. The molecule has 0 bridgehead atoms. The standard InChI is InChI=1S/C28H28N4O2/c1-18(2)23-16-24(26(14-19(23)3)34-17-20-8-6-5-7-9-20)27-29-30-28(33)32(27)22-10-11-25-21(15-22)12-13-31(25)4/h5-16,18H,17H2,1-4H3,(H,30,33). The average Bonchev–Trinajstić information content (AvgIpc) is 3.40. The Hall–Kier alpha value is -4.06. The van der Waals surface area contributed by atoms with Gasteiger partial charge in [0.05, 0.1) is 11.3 Å². The lowest BCUT2D eigenvalue weighted by Gasteiger charge is -2.18. The van der Waals surface area contributed by atoms with Crippen molar-refractivity contribution in [3.8, 4) is 28.8 Å². The van der Waals surface area contributed by atoms with Crippen LogP contribution in [0, 0.1) is 6.92 Å². The first-order chi connectivity index (χ1) is 16.4. The minimum absolute atomic E-state index is 0.161. The molecule has 6 nitrogen and oxygen atoms in total. The van der Waals surface area contributed by atoms with Gasteiger partial charge in [-0.2, -0.15) is 0 Å². The molecule has 0 aliphatic rings. The molecule has 2 heterocycles. The molecule has 0 saturated carbocycles. The van der Waals surface area contributed by atoms with Gasteiger partial charge in [0, 0.05) is 24.1 Å². The van der Waals surface area contributed by atoms with E-state index in [1.165, 1.54) is 5.56 Å². The lowest BCUT2D eigenvalue weighted by atomic mass is 9.95. The molecule has 0 saturated heterocycles. The molecule has 0 unspecified atom stereocenters. The smallest absolute Gasteiger partial charge is 0.319 e. The summed E-state index contributed by atoms with van der Waals surface area (Å²) in [7, 11) is 2.01. The van der Waals surface area contributed by atoms with Crippen molar-refractivity contribution in [1.82, 2.24) is 19.3 Å². The molecule has 0 radical (unpaired) electrons. The number of aryl methyl sites for hydroxylation is 2. The van der Waals surface area contributed by atoms with Crippen LogP contribution in [0.2, 0.25) is 0 Å².